The highest BCUT2D eigenvalue weighted by molar-refractivity contribution is 5.92. The molecule has 1 N–H and O–H groups in total. The van der Waals surface area contributed by atoms with E-state index >= 15 is 0 Å². The first kappa shape index (κ1) is 15.4. The summed E-state index contributed by atoms with van der Waals surface area (Å²) >= 11 is 0. The largest absolute Gasteiger partial charge is 0.522 e. The first-order valence-corrected chi connectivity index (χ1v) is 7.97. The third-order valence-corrected chi connectivity index (χ3v) is 4.69. The van der Waals surface area contributed by atoms with Gasteiger partial charge in [-0.25, -0.2) is 4.79 Å². The average molecular weight is 334 g/mol. The van der Waals surface area contributed by atoms with Crippen molar-refractivity contribution < 1.29 is 23.6 Å². The Balaban J connectivity index is 1.96. The fourth-order valence-corrected chi connectivity index (χ4v) is 3.46. The van der Waals surface area contributed by atoms with E-state index in [1.165, 1.54) is 12.3 Å². The van der Waals surface area contributed by atoms with Crippen molar-refractivity contribution >= 4 is 12.0 Å². The third-order valence-electron chi connectivity index (χ3n) is 4.69. The van der Waals surface area contributed by atoms with Crippen LogP contribution in [0.2, 0.25) is 0 Å². The molecular weight excluding hydrogens is 318 g/mol. The molecule has 0 spiro atoms. The van der Waals surface area contributed by atoms with Crippen molar-refractivity contribution in [2.45, 2.75) is 13.1 Å². The molecule has 1 aromatic heterocycles. The number of amides is 2. The number of carboxylic acid groups (broad SMARTS) is 1. The quantitative estimate of drug-likeness (QED) is 0.674. The van der Waals surface area contributed by atoms with E-state index < -0.39 is 16.5 Å². The molecule has 1 aliphatic rings. The van der Waals surface area contributed by atoms with Crippen LogP contribution in [-0.4, -0.2) is 21.6 Å². The highest BCUT2D eigenvalue weighted by Gasteiger charge is 2.49. The maximum atomic E-state index is 13.1. The van der Waals surface area contributed by atoms with Crippen LogP contribution < -0.4 is 0 Å². The summed E-state index contributed by atoms with van der Waals surface area (Å²) in [6.45, 7) is 0.138. The van der Waals surface area contributed by atoms with Crippen LogP contribution in [-0.2, 0) is 13.1 Å². The number of hydrogen-bond acceptors (Lipinski definition) is 3. The second-order valence-corrected chi connectivity index (χ2v) is 6.16. The zero-order valence-electron chi connectivity index (χ0n) is 13.4. The summed E-state index contributed by atoms with van der Waals surface area (Å²) in [6, 6.07) is 18.3. The number of carbonyl (C=O) groups excluding carboxylic acids is 1. The van der Waals surface area contributed by atoms with Crippen molar-refractivity contribution in [3.05, 3.63) is 83.8 Å². The first-order chi connectivity index (χ1) is 12.1. The predicted octanol–water partition coefficient (Wildman–Crippen LogP) is 4.30. The lowest BCUT2D eigenvalue weighted by Gasteiger charge is -2.28. The lowest BCUT2D eigenvalue weighted by Crippen LogP contribution is -2.54. The van der Waals surface area contributed by atoms with E-state index in [0.29, 0.717) is 0 Å². The molecule has 0 saturated heterocycles. The van der Waals surface area contributed by atoms with Gasteiger partial charge in [0, 0.05) is 11.1 Å². The minimum atomic E-state index is -1.19. The monoisotopic (exact) mass is 334 g/mol. The molecule has 2 amide bonds. The SMILES string of the molecule is O=C(O)[N+]1(C(=O)c2ccco2)Cc2ccccc2-c2ccccc2C1. The molecule has 2 aromatic carbocycles. The Hall–Kier alpha value is -3.18. The van der Waals surface area contributed by atoms with Crippen molar-refractivity contribution in [1.29, 1.82) is 0 Å². The summed E-state index contributed by atoms with van der Waals surface area (Å²) in [4.78, 5) is 25.4. The Bertz CT molecular complexity index is 912. The van der Waals surface area contributed by atoms with E-state index in [-0.39, 0.29) is 18.8 Å². The van der Waals surface area contributed by atoms with Crippen LogP contribution in [0.5, 0.6) is 0 Å². The first-order valence-electron chi connectivity index (χ1n) is 7.97. The smallest absolute Gasteiger partial charge is 0.455 e. The van der Waals surface area contributed by atoms with Gasteiger partial charge in [0.15, 0.2) is 0 Å². The molecule has 124 valence electrons. The van der Waals surface area contributed by atoms with E-state index in [1.807, 2.05) is 48.5 Å². The number of carbonyl (C=O) groups is 2. The van der Waals surface area contributed by atoms with Crippen molar-refractivity contribution in [1.82, 2.24) is 0 Å². The molecule has 0 aliphatic carbocycles. The van der Waals surface area contributed by atoms with Gasteiger partial charge in [0.05, 0.1) is 6.26 Å². The van der Waals surface area contributed by atoms with Crippen molar-refractivity contribution in [3.63, 3.8) is 0 Å². The zero-order chi connectivity index (χ0) is 17.4. The van der Waals surface area contributed by atoms with Crippen molar-refractivity contribution in [3.8, 4) is 11.1 Å². The molecule has 0 fully saturated rings. The highest BCUT2D eigenvalue weighted by Crippen LogP contribution is 2.37. The number of imide groups is 1. The number of furan rings is 1. The molecule has 0 unspecified atom stereocenters. The number of rotatable bonds is 1. The van der Waals surface area contributed by atoms with Gasteiger partial charge in [0.1, 0.15) is 13.1 Å². The molecule has 4 rings (SSSR count). The summed E-state index contributed by atoms with van der Waals surface area (Å²) < 4.78 is 4.46. The second kappa shape index (κ2) is 5.72. The van der Waals surface area contributed by atoms with Gasteiger partial charge in [-0.3, -0.25) is 0 Å². The summed E-state index contributed by atoms with van der Waals surface area (Å²) in [5.74, 6) is -0.497. The Morgan fingerprint density at radius 3 is 1.88 bits per heavy atom. The van der Waals surface area contributed by atoms with E-state index in [9.17, 15) is 14.7 Å². The number of hydrogen-bond donors (Lipinski definition) is 1. The topological polar surface area (TPSA) is 67.5 Å². The molecule has 0 saturated carbocycles. The standard InChI is InChI=1S/C20H15NO4/c22-19(18-10-5-11-25-18)21(20(23)24)12-14-6-1-3-8-16(14)17-9-4-2-7-15(17)13-21/h1-11H,12-13H2/p+1. The van der Waals surface area contributed by atoms with Gasteiger partial charge in [-0.2, -0.15) is 4.79 Å². The summed E-state index contributed by atoms with van der Waals surface area (Å²) in [7, 11) is 0. The minimum absolute atomic E-state index is 0.0549. The molecule has 0 atom stereocenters. The Morgan fingerprint density at radius 1 is 0.840 bits per heavy atom. The van der Waals surface area contributed by atoms with Crippen LogP contribution in [0, 0.1) is 0 Å². The minimum Gasteiger partial charge on any atom is -0.455 e. The van der Waals surface area contributed by atoms with Crippen LogP contribution in [0.15, 0.2) is 71.3 Å². The van der Waals surface area contributed by atoms with Crippen LogP contribution in [0.3, 0.4) is 0 Å². The fourth-order valence-electron chi connectivity index (χ4n) is 3.46. The van der Waals surface area contributed by atoms with E-state index in [1.54, 1.807) is 6.07 Å². The normalized spacial score (nSPS) is 14.9. The Kier molecular flexibility index (Phi) is 3.51. The summed E-state index contributed by atoms with van der Waals surface area (Å²) in [5, 5.41) is 10.0. The molecule has 25 heavy (non-hydrogen) atoms. The van der Waals surface area contributed by atoms with Crippen molar-refractivity contribution in [2.75, 3.05) is 0 Å². The van der Waals surface area contributed by atoms with Gasteiger partial charge >= 0.3 is 12.0 Å². The Labute approximate surface area is 144 Å². The highest BCUT2D eigenvalue weighted by atomic mass is 16.4. The van der Waals surface area contributed by atoms with Gasteiger partial charge < -0.3 is 9.52 Å². The maximum Gasteiger partial charge on any atom is 0.522 e. The number of quaternary nitrogens is 1. The Morgan fingerprint density at radius 2 is 1.40 bits per heavy atom. The molecular formula is C20H16NO4+. The molecule has 5 nitrogen and oxygen atoms in total. The fraction of sp³-hybridized carbons (Fsp3) is 0.100. The lowest BCUT2D eigenvalue weighted by atomic mass is 9.97. The van der Waals surface area contributed by atoms with Crippen LogP contribution in [0.1, 0.15) is 21.7 Å². The summed E-state index contributed by atoms with van der Waals surface area (Å²) in [5.41, 5.74) is 3.59. The predicted molar refractivity (Wildman–Crippen MR) is 90.6 cm³/mol. The molecule has 1 aliphatic heterocycles. The van der Waals surface area contributed by atoms with Gasteiger partial charge in [-0.1, -0.05) is 48.5 Å². The lowest BCUT2D eigenvalue weighted by molar-refractivity contribution is -0.803. The number of nitrogens with zero attached hydrogens (tertiary/aromatic N) is 1. The third kappa shape index (κ3) is 2.37. The van der Waals surface area contributed by atoms with Crippen LogP contribution in [0.4, 0.5) is 4.79 Å². The average Bonchev–Trinajstić information content (AvgIpc) is 3.10. The van der Waals surface area contributed by atoms with Crippen LogP contribution >= 0.6 is 0 Å². The molecule has 0 radical (unpaired) electrons. The van der Waals surface area contributed by atoms with Gasteiger partial charge in [-0.15, -0.1) is 4.48 Å². The molecule has 0 bridgehead atoms. The zero-order valence-corrected chi connectivity index (χ0v) is 13.4. The van der Waals surface area contributed by atoms with E-state index in [0.717, 1.165) is 22.3 Å². The van der Waals surface area contributed by atoms with Crippen molar-refractivity contribution in [2.24, 2.45) is 0 Å². The summed E-state index contributed by atoms with van der Waals surface area (Å²) in [6.07, 6.45) is 0.193. The second-order valence-electron chi connectivity index (χ2n) is 6.16. The van der Waals surface area contributed by atoms with E-state index in [2.05, 4.69) is 0 Å². The maximum absolute atomic E-state index is 13.1. The van der Waals surface area contributed by atoms with Gasteiger partial charge in [0.2, 0.25) is 5.76 Å². The molecule has 5 heteroatoms. The molecule has 2 heterocycles. The van der Waals surface area contributed by atoms with Gasteiger partial charge in [0.25, 0.3) is 0 Å². The van der Waals surface area contributed by atoms with Gasteiger partial charge in [-0.05, 0) is 23.3 Å². The van der Waals surface area contributed by atoms with E-state index in [4.69, 9.17) is 4.42 Å². The molecule has 3 aromatic rings. The number of fused-ring (bicyclic) bond motifs is 3. The van der Waals surface area contributed by atoms with Crippen LogP contribution in [0.25, 0.3) is 11.1 Å². The number of benzene rings is 2.